The molecule has 15 heavy (non-hydrogen) atoms. The molecule has 0 saturated heterocycles. The third-order valence-electron chi connectivity index (χ3n) is 2.79. The van der Waals surface area contributed by atoms with Crippen LogP contribution in [0.15, 0.2) is 12.3 Å². The van der Waals surface area contributed by atoms with Crippen molar-refractivity contribution in [2.75, 3.05) is 0 Å². The highest BCUT2D eigenvalue weighted by Crippen LogP contribution is 2.12. The van der Waals surface area contributed by atoms with Gasteiger partial charge >= 0.3 is 0 Å². The topological polar surface area (TPSA) is 43.1 Å². The summed E-state index contributed by atoms with van der Waals surface area (Å²) in [7, 11) is 0. The summed E-state index contributed by atoms with van der Waals surface area (Å²) in [4.78, 5) is 0. The summed E-state index contributed by atoms with van der Waals surface area (Å²) in [5.74, 6) is 1.59. The van der Waals surface area contributed by atoms with Crippen LogP contribution in [0.2, 0.25) is 0 Å². The van der Waals surface area contributed by atoms with E-state index in [1.807, 2.05) is 17.5 Å². The van der Waals surface area contributed by atoms with E-state index in [1.54, 1.807) is 6.20 Å². The lowest BCUT2D eigenvalue weighted by Gasteiger charge is -2.05. The van der Waals surface area contributed by atoms with Gasteiger partial charge < -0.3 is 0 Å². The molecule has 0 amide bonds. The summed E-state index contributed by atoms with van der Waals surface area (Å²) in [6.07, 6.45) is 3.89. The van der Waals surface area contributed by atoms with E-state index in [4.69, 9.17) is 0 Å². The normalized spacial score (nSPS) is 13.3. The molecule has 2 rings (SSSR count). The van der Waals surface area contributed by atoms with Gasteiger partial charge in [0.25, 0.3) is 0 Å². The van der Waals surface area contributed by atoms with Gasteiger partial charge in [-0.25, -0.2) is 0 Å². The highest BCUT2D eigenvalue weighted by Gasteiger charge is 2.10. The Morgan fingerprint density at radius 3 is 2.93 bits per heavy atom. The van der Waals surface area contributed by atoms with Gasteiger partial charge in [0, 0.05) is 12.6 Å². The van der Waals surface area contributed by atoms with E-state index >= 15 is 0 Å². The molecule has 0 saturated carbocycles. The van der Waals surface area contributed by atoms with Gasteiger partial charge in [-0.05, 0) is 24.5 Å². The van der Waals surface area contributed by atoms with Crippen LogP contribution in [-0.4, -0.2) is 19.8 Å². The highest BCUT2D eigenvalue weighted by atomic mass is 15.4. The molecule has 2 aromatic rings. The standard InChI is InChI=1S/C11H16N4/c1-4-8(2)7-10-13-14-11-9(3)5-6-12-15(10)11/h5-6,8H,4,7H2,1-3H3. The van der Waals surface area contributed by atoms with E-state index in [1.165, 1.54) is 0 Å². The fourth-order valence-corrected chi connectivity index (χ4v) is 1.55. The summed E-state index contributed by atoms with van der Waals surface area (Å²) >= 11 is 0. The van der Waals surface area contributed by atoms with E-state index in [-0.39, 0.29) is 0 Å². The maximum absolute atomic E-state index is 4.28. The second kappa shape index (κ2) is 3.96. The number of fused-ring (bicyclic) bond motifs is 1. The van der Waals surface area contributed by atoms with Gasteiger partial charge in [0.15, 0.2) is 11.5 Å². The zero-order chi connectivity index (χ0) is 10.8. The van der Waals surface area contributed by atoms with Crippen LogP contribution in [0.1, 0.15) is 31.7 Å². The number of aryl methyl sites for hydroxylation is 1. The lowest BCUT2D eigenvalue weighted by atomic mass is 10.1. The van der Waals surface area contributed by atoms with Gasteiger partial charge in [-0.2, -0.15) is 9.61 Å². The fourth-order valence-electron chi connectivity index (χ4n) is 1.55. The molecule has 0 radical (unpaired) electrons. The minimum Gasteiger partial charge on any atom is -0.197 e. The molecule has 0 aliphatic rings. The maximum atomic E-state index is 4.28. The zero-order valence-corrected chi connectivity index (χ0v) is 9.44. The molecule has 1 unspecified atom stereocenters. The van der Waals surface area contributed by atoms with Crippen molar-refractivity contribution in [3.8, 4) is 0 Å². The Balaban J connectivity index is 2.41. The first-order chi connectivity index (χ1) is 7.22. The van der Waals surface area contributed by atoms with Gasteiger partial charge in [0.1, 0.15) is 0 Å². The summed E-state index contributed by atoms with van der Waals surface area (Å²) < 4.78 is 1.85. The third-order valence-corrected chi connectivity index (χ3v) is 2.79. The van der Waals surface area contributed by atoms with E-state index < -0.39 is 0 Å². The number of nitrogens with zero attached hydrogens (tertiary/aromatic N) is 4. The highest BCUT2D eigenvalue weighted by molar-refractivity contribution is 5.44. The molecule has 0 bridgehead atoms. The van der Waals surface area contributed by atoms with Gasteiger partial charge in [0.05, 0.1) is 0 Å². The first kappa shape index (κ1) is 10.1. The molecular weight excluding hydrogens is 188 g/mol. The molecule has 0 N–H and O–H groups in total. The van der Waals surface area contributed by atoms with E-state index in [0.29, 0.717) is 5.92 Å². The molecule has 1 atom stereocenters. The van der Waals surface area contributed by atoms with Crippen molar-refractivity contribution in [3.63, 3.8) is 0 Å². The second-order valence-electron chi connectivity index (χ2n) is 4.08. The van der Waals surface area contributed by atoms with Crippen LogP contribution >= 0.6 is 0 Å². The van der Waals surface area contributed by atoms with Crippen molar-refractivity contribution >= 4 is 5.65 Å². The summed E-state index contributed by atoms with van der Waals surface area (Å²) in [6, 6.07) is 1.96. The van der Waals surface area contributed by atoms with Gasteiger partial charge in [-0.1, -0.05) is 20.3 Å². The van der Waals surface area contributed by atoms with Crippen molar-refractivity contribution in [3.05, 3.63) is 23.7 Å². The summed E-state index contributed by atoms with van der Waals surface area (Å²) in [5.41, 5.74) is 1.99. The molecule has 2 heterocycles. The van der Waals surface area contributed by atoms with Gasteiger partial charge in [0.2, 0.25) is 0 Å². The van der Waals surface area contributed by atoms with Crippen LogP contribution in [0.4, 0.5) is 0 Å². The molecule has 80 valence electrons. The molecule has 4 heteroatoms. The average Bonchev–Trinajstić information content (AvgIpc) is 2.63. The molecule has 4 nitrogen and oxygen atoms in total. The average molecular weight is 204 g/mol. The van der Waals surface area contributed by atoms with E-state index in [0.717, 1.165) is 29.9 Å². The molecule has 2 aromatic heterocycles. The van der Waals surface area contributed by atoms with E-state index in [9.17, 15) is 0 Å². The quantitative estimate of drug-likeness (QED) is 0.768. The van der Waals surface area contributed by atoms with Crippen LogP contribution in [0, 0.1) is 12.8 Å². The Labute approximate surface area is 89.3 Å². The maximum Gasteiger partial charge on any atom is 0.180 e. The Bertz CT molecular complexity index is 461. The van der Waals surface area contributed by atoms with Crippen molar-refractivity contribution in [2.24, 2.45) is 5.92 Å². The van der Waals surface area contributed by atoms with Crippen LogP contribution in [0.3, 0.4) is 0 Å². The van der Waals surface area contributed by atoms with Crippen LogP contribution < -0.4 is 0 Å². The third kappa shape index (κ3) is 1.84. The fraction of sp³-hybridized carbons (Fsp3) is 0.545. The van der Waals surface area contributed by atoms with Crippen LogP contribution in [0.25, 0.3) is 5.65 Å². The van der Waals surface area contributed by atoms with Crippen LogP contribution in [0.5, 0.6) is 0 Å². The van der Waals surface area contributed by atoms with Crippen molar-refractivity contribution in [1.82, 2.24) is 19.8 Å². The molecule has 0 aliphatic heterocycles. The van der Waals surface area contributed by atoms with E-state index in [2.05, 4.69) is 29.1 Å². The number of hydrogen-bond donors (Lipinski definition) is 0. The van der Waals surface area contributed by atoms with Crippen molar-refractivity contribution in [1.29, 1.82) is 0 Å². The minimum atomic E-state index is 0.625. The summed E-state index contributed by atoms with van der Waals surface area (Å²) in [6.45, 7) is 6.43. The molecular formula is C11H16N4. The SMILES string of the molecule is CCC(C)Cc1nnc2c(C)ccnn12. The number of hydrogen-bond acceptors (Lipinski definition) is 3. The Hall–Kier alpha value is -1.45. The van der Waals surface area contributed by atoms with Crippen LogP contribution in [-0.2, 0) is 6.42 Å². The zero-order valence-electron chi connectivity index (χ0n) is 9.44. The van der Waals surface area contributed by atoms with Gasteiger partial charge in [-0.15, -0.1) is 10.2 Å². The summed E-state index contributed by atoms with van der Waals surface area (Å²) in [5, 5.41) is 12.6. The predicted octanol–water partition coefficient (Wildman–Crippen LogP) is 2.02. The Morgan fingerprint density at radius 1 is 1.40 bits per heavy atom. The number of rotatable bonds is 3. The first-order valence-electron chi connectivity index (χ1n) is 5.38. The van der Waals surface area contributed by atoms with Crippen molar-refractivity contribution < 1.29 is 0 Å². The smallest absolute Gasteiger partial charge is 0.180 e. The predicted molar refractivity (Wildman–Crippen MR) is 58.7 cm³/mol. The number of aromatic nitrogens is 4. The minimum absolute atomic E-state index is 0.625. The lowest BCUT2D eigenvalue weighted by Crippen LogP contribution is -2.05. The van der Waals surface area contributed by atoms with Gasteiger partial charge in [-0.3, -0.25) is 0 Å². The Morgan fingerprint density at radius 2 is 2.20 bits per heavy atom. The largest absolute Gasteiger partial charge is 0.197 e. The molecule has 0 aromatic carbocycles. The van der Waals surface area contributed by atoms with Crippen molar-refractivity contribution in [2.45, 2.75) is 33.6 Å². The first-order valence-corrected chi connectivity index (χ1v) is 5.38. The molecule has 0 fully saturated rings. The molecule has 0 spiro atoms. The molecule has 0 aliphatic carbocycles. The second-order valence-corrected chi connectivity index (χ2v) is 4.08. The monoisotopic (exact) mass is 204 g/mol. The Kier molecular flexibility index (Phi) is 2.66. The lowest BCUT2D eigenvalue weighted by molar-refractivity contribution is 0.535.